The second kappa shape index (κ2) is 9.87. The highest BCUT2D eigenvalue weighted by atomic mass is 35.5. The maximum atomic E-state index is 12.9. The van der Waals surface area contributed by atoms with Crippen LogP contribution in [0.15, 0.2) is 23.1 Å². The summed E-state index contributed by atoms with van der Waals surface area (Å²) in [6.45, 7) is 7.24. The smallest absolute Gasteiger partial charge is 0.251 e. The number of nitrogens with two attached hydrogens (primary N) is 1. The van der Waals surface area contributed by atoms with Gasteiger partial charge in [-0.2, -0.15) is 4.31 Å². The van der Waals surface area contributed by atoms with E-state index >= 15 is 0 Å². The average Bonchev–Trinajstić information content (AvgIpc) is 2.66. The fraction of sp³-hybridized carbons (Fsp3) is 0.632. The summed E-state index contributed by atoms with van der Waals surface area (Å²) in [6.07, 6.45) is 4.33. The van der Waals surface area contributed by atoms with Crippen LogP contribution in [0.1, 0.15) is 61.9 Å². The van der Waals surface area contributed by atoms with Crippen molar-refractivity contribution in [1.29, 1.82) is 0 Å². The number of hydrogen-bond acceptors (Lipinski definition) is 4. The minimum absolute atomic E-state index is 0. The summed E-state index contributed by atoms with van der Waals surface area (Å²) in [5.41, 5.74) is 6.93. The molecule has 1 aromatic carbocycles. The molecular weight excluding hydrogens is 386 g/mol. The first-order valence-corrected chi connectivity index (χ1v) is 10.9. The lowest BCUT2D eigenvalue weighted by Crippen LogP contribution is -2.49. The summed E-state index contributed by atoms with van der Waals surface area (Å²) in [5.74, 6) is -0.282. The Balaban J connectivity index is 0.00000364. The number of piperidine rings is 1. The molecule has 8 heteroatoms. The zero-order chi connectivity index (χ0) is 19.4. The van der Waals surface area contributed by atoms with Crippen LogP contribution < -0.4 is 11.1 Å². The zero-order valence-corrected chi connectivity index (χ0v) is 18.1. The van der Waals surface area contributed by atoms with Crippen molar-refractivity contribution >= 4 is 28.3 Å². The molecule has 0 aliphatic carbocycles. The number of carbonyl (C=O) groups is 1. The fourth-order valence-corrected chi connectivity index (χ4v) is 4.66. The Morgan fingerprint density at radius 2 is 1.78 bits per heavy atom. The summed E-state index contributed by atoms with van der Waals surface area (Å²) in [4.78, 5) is 12.8. The Kier molecular flexibility index (Phi) is 8.73. The van der Waals surface area contributed by atoms with Gasteiger partial charge in [-0.05, 0) is 50.3 Å². The Labute approximate surface area is 169 Å². The van der Waals surface area contributed by atoms with Gasteiger partial charge in [-0.3, -0.25) is 4.79 Å². The second-order valence-electron chi connectivity index (χ2n) is 7.19. The van der Waals surface area contributed by atoms with Crippen LogP contribution in [0, 0.1) is 6.92 Å². The van der Waals surface area contributed by atoms with Gasteiger partial charge in [0, 0.05) is 30.7 Å². The molecule has 1 aromatic rings. The van der Waals surface area contributed by atoms with Crippen molar-refractivity contribution in [3.05, 3.63) is 29.3 Å². The standard InChI is InChI=1S/C19H31N3O3S.ClH/c1-4-19(20,5-2)14-21-18(23)17-13-16(10-9-15(17)3)26(24,25)22-11-7-6-8-12-22;/h9-10,13H,4-8,11-12,14,20H2,1-3H3,(H,21,23);1H. The largest absolute Gasteiger partial charge is 0.350 e. The first kappa shape index (κ1) is 23.9. The molecule has 0 aromatic heterocycles. The van der Waals surface area contributed by atoms with E-state index in [0.29, 0.717) is 25.2 Å². The third-order valence-electron chi connectivity index (χ3n) is 5.42. The molecule has 1 saturated heterocycles. The van der Waals surface area contributed by atoms with Crippen LogP contribution in [0.25, 0.3) is 0 Å². The normalized spacial score (nSPS) is 15.9. The lowest BCUT2D eigenvalue weighted by atomic mass is 9.94. The van der Waals surface area contributed by atoms with Crippen molar-refractivity contribution in [1.82, 2.24) is 9.62 Å². The van der Waals surface area contributed by atoms with Gasteiger partial charge >= 0.3 is 0 Å². The first-order chi connectivity index (χ1) is 12.2. The van der Waals surface area contributed by atoms with Crippen molar-refractivity contribution in [3.63, 3.8) is 0 Å². The van der Waals surface area contributed by atoms with E-state index in [9.17, 15) is 13.2 Å². The molecule has 0 atom stereocenters. The van der Waals surface area contributed by atoms with Gasteiger partial charge in [-0.25, -0.2) is 8.42 Å². The van der Waals surface area contributed by atoms with E-state index < -0.39 is 15.6 Å². The Morgan fingerprint density at radius 3 is 2.33 bits per heavy atom. The zero-order valence-electron chi connectivity index (χ0n) is 16.5. The summed E-state index contributed by atoms with van der Waals surface area (Å²) >= 11 is 0. The molecule has 0 bridgehead atoms. The van der Waals surface area contributed by atoms with Gasteiger partial charge in [-0.1, -0.05) is 26.3 Å². The van der Waals surface area contributed by atoms with Crippen LogP contribution in [0.4, 0.5) is 0 Å². The predicted molar refractivity (Wildman–Crippen MR) is 111 cm³/mol. The average molecular weight is 418 g/mol. The molecule has 0 saturated carbocycles. The highest BCUT2D eigenvalue weighted by Crippen LogP contribution is 2.23. The first-order valence-electron chi connectivity index (χ1n) is 9.41. The number of halogens is 1. The molecule has 1 heterocycles. The number of rotatable bonds is 7. The van der Waals surface area contributed by atoms with Gasteiger partial charge in [0.15, 0.2) is 0 Å². The number of aryl methyl sites for hydroxylation is 1. The quantitative estimate of drug-likeness (QED) is 0.713. The van der Waals surface area contributed by atoms with Gasteiger partial charge in [0.2, 0.25) is 10.0 Å². The molecule has 1 amide bonds. The molecule has 0 spiro atoms. The topological polar surface area (TPSA) is 92.5 Å². The van der Waals surface area contributed by atoms with Crippen LogP contribution >= 0.6 is 12.4 Å². The second-order valence-corrected chi connectivity index (χ2v) is 9.13. The fourth-order valence-electron chi connectivity index (χ4n) is 3.11. The van der Waals surface area contributed by atoms with Gasteiger partial charge in [0.05, 0.1) is 4.90 Å². The summed E-state index contributed by atoms with van der Waals surface area (Å²) in [7, 11) is -3.56. The molecule has 154 valence electrons. The maximum absolute atomic E-state index is 12.9. The van der Waals surface area contributed by atoms with E-state index in [0.717, 1.165) is 37.7 Å². The number of nitrogens with zero attached hydrogens (tertiary/aromatic N) is 1. The molecule has 0 unspecified atom stereocenters. The third kappa shape index (κ3) is 5.67. The number of amides is 1. The summed E-state index contributed by atoms with van der Waals surface area (Å²) < 4.78 is 27.2. The van der Waals surface area contributed by atoms with Crippen LogP contribution in [0.2, 0.25) is 0 Å². The number of carbonyl (C=O) groups excluding carboxylic acids is 1. The minimum Gasteiger partial charge on any atom is -0.350 e. The molecule has 2 rings (SSSR count). The Hall–Kier alpha value is -1.15. The number of hydrogen-bond donors (Lipinski definition) is 2. The Morgan fingerprint density at radius 1 is 1.19 bits per heavy atom. The monoisotopic (exact) mass is 417 g/mol. The molecule has 1 aliphatic rings. The van der Waals surface area contributed by atoms with E-state index in [1.54, 1.807) is 12.1 Å². The summed E-state index contributed by atoms with van der Waals surface area (Å²) in [5, 5.41) is 2.87. The highest BCUT2D eigenvalue weighted by Gasteiger charge is 2.27. The maximum Gasteiger partial charge on any atom is 0.251 e. The third-order valence-corrected chi connectivity index (χ3v) is 7.31. The SMILES string of the molecule is CCC(N)(CC)CNC(=O)c1cc(S(=O)(=O)N2CCCCC2)ccc1C.Cl. The number of nitrogens with one attached hydrogen (secondary N) is 1. The molecule has 3 N–H and O–H groups in total. The molecule has 6 nitrogen and oxygen atoms in total. The van der Waals surface area contributed by atoms with Gasteiger partial charge in [-0.15, -0.1) is 12.4 Å². The highest BCUT2D eigenvalue weighted by molar-refractivity contribution is 7.89. The van der Waals surface area contributed by atoms with Gasteiger partial charge in [0.1, 0.15) is 0 Å². The van der Waals surface area contributed by atoms with Crippen molar-refractivity contribution in [3.8, 4) is 0 Å². The molecular formula is C19H32ClN3O3S. The van der Waals surface area contributed by atoms with E-state index in [1.165, 1.54) is 10.4 Å². The van der Waals surface area contributed by atoms with E-state index in [1.807, 2.05) is 20.8 Å². The van der Waals surface area contributed by atoms with Crippen molar-refractivity contribution in [2.24, 2.45) is 5.73 Å². The van der Waals surface area contributed by atoms with Crippen molar-refractivity contribution in [2.45, 2.75) is 63.3 Å². The van der Waals surface area contributed by atoms with Gasteiger partial charge in [0.25, 0.3) is 5.91 Å². The molecule has 27 heavy (non-hydrogen) atoms. The molecule has 0 radical (unpaired) electrons. The van der Waals surface area contributed by atoms with Crippen LogP contribution in [-0.2, 0) is 10.0 Å². The molecule has 1 fully saturated rings. The summed E-state index contributed by atoms with van der Waals surface area (Å²) in [6, 6.07) is 4.77. The molecule has 1 aliphatic heterocycles. The lowest BCUT2D eigenvalue weighted by Gasteiger charge is -2.27. The van der Waals surface area contributed by atoms with Gasteiger partial charge < -0.3 is 11.1 Å². The minimum atomic E-state index is -3.56. The number of benzene rings is 1. The van der Waals surface area contributed by atoms with E-state index in [-0.39, 0.29) is 23.2 Å². The number of sulfonamides is 1. The van der Waals surface area contributed by atoms with Crippen LogP contribution in [0.5, 0.6) is 0 Å². The van der Waals surface area contributed by atoms with E-state index in [2.05, 4.69) is 5.32 Å². The van der Waals surface area contributed by atoms with Crippen molar-refractivity contribution < 1.29 is 13.2 Å². The lowest BCUT2D eigenvalue weighted by molar-refractivity contribution is 0.0941. The van der Waals surface area contributed by atoms with Crippen LogP contribution in [0.3, 0.4) is 0 Å². The Bertz CT molecular complexity index is 743. The predicted octanol–water partition coefficient (Wildman–Crippen LogP) is 2.84. The van der Waals surface area contributed by atoms with E-state index in [4.69, 9.17) is 5.73 Å². The van der Waals surface area contributed by atoms with Crippen molar-refractivity contribution in [2.75, 3.05) is 19.6 Å². The van der Waals surface area contributed by atoms with Crippen LogP contribution in [-0.4, -0.2) is 43.8 Å².